The number of hydrogen-bond donors (Lipinski definition) is 0. The van der Waals surface area contributed by atoms with Gasteiger partial charge in [-0.1, -0.05) is 267 Å². The average molecular weight is 915 g/mol. The molecule has 0 aliphatic rings. The Balaban J connectivity index is 1.33. The third-order valence-electron chi connectivity index (χ3n) is 13.8. The lowest BCUT2D eigenvalue weighted by molar-refractivity contribution is 0.954. The van der Waals surface area contributed by atoms with Crippen LogP contribution in [0.5, 0.6) is 0 Å². The Morgan fingerprint density at radius 2 is 0.565 bits per heavy atom. The van der Waals surface area contributed by atoms with Gasteiger partial charge in [0, 0.05) is 21.9 Å². The van der Waals surface area contributed by atoms with Gasteiger partial charge in [0.15, 0.2) is 27.8 Å². The number of aromatic nitrogens is 4. The number of hydrogen-bond acceptors (Lipinski definition) is 3. The van der Waals surface area contributed by atoms with E-state index in [1.807, 2.05) is 6.07 Å². The molecule has 0 N–H and O–H groups in total. The van der Waals surface area contributed by atoms with Crippen LogP contribution in [0.25, 0.3) is 50.5 Å². The van der Waals surface area contributed by atoms with Gasteiger partial charge in [0.05, 0.1) is 11.0 Å². The van der Waals surface area contributed by atoms with E-state index in [-0.39, 0.29) is 0 Å². The molecule has 69 heavy (non-hydrogen) atoms. The molecule has 4 nitrogen and oxygen atoms in total. The van der Waals surface area contributed by atoms with Crippen LogP contribution in [0.2, 0.25) is 0 Å². The van der Waals surface area contributed by atoms with E-state index < -0.39 is 16.1 Å². The maximum absolute atomic E-state index is 5.87. The molecule has 12 rings (SSSR count). The predicted octanol–water partition coefficient (Wildman–Crippen LogP) is 9.06. The lowest BCUT2D eigenvalue weighted by Crippen LogP contribution is -2.78. The van der Waals surface area contributed by atoms with Crippen LogP contribution in [0.4, 0.5) is 0 Å². The second-order valence-electron chi connectivity index (χ2n) is 17.4. The molecule has 2 aromatic heterocycles. The lowest BCUT2D eigenvalue weighted by atomic mass is 10.2. The van der Waals surface area contributed by atoms with Gasteiger partial charge in [-0.15, -0.1) is 0 Å². The van der Waals surface area contributed by atoms with E-state index in [1.165, 1.54) is 41.5 Å². The van der Waals surface area contributed by atoms with E-state index in [2.05, 4.69) is 278 Å². The van der Waals surface area contributed by atoms with Crippen molar-refractivity contribution >= 4 is 79.4 Å². The molecule has 326 valence electrons. The first kappa shape index (κ1) is 41.8. The van der Waals surface area contributed by atoms with Gasteiger partial charge in [0.1, 0.15) is 0 Å². The minimum absolute atomic E-state index is 0.565. The summed E-state index contributed by atoms with van der Waals surface area (Å²) in [6, 6.07) is 102. The summed E-state index contributed by atoms with van der Waals surface area (Å²) < 4.78 is 2.23. The van der Waals surface area contributed by atoms with Gasteiger partial charge in [0.2, 0.25) is 5.95 Å². The summed E-state index contributed by atoms with van der Waals surface area (Å²) in [6.45, 7) is 0. The number of para-hydroxylation sites is 2. The van der Waals surface area contributed by atoms with E-state index >= 15 is 0 Å². The van der Waals surface area contributed by atoms with Crippen molar-refractivity contribution in [2.24, 2.45) is 0 Å². The molecule has 0 spiro atoms. The van der Waals surface area contributed by atoms with Crippen molar-refractivity contribution in [1.82, 2.24) is 19.5 Å². The van der Waals surface area contributed by atoms with E-state index in [4.69, 9.17) is 15.0 Å². The molecule has 0 saturated heterocycles. The van der Waals surface area contributed by atoms with E-state index in [9.17, 15) is 0 Å². The molecule has 10 aromatic carbocycles. The van der Waals surface area contributed by atoms with Crippen LogP contribution in [0.15, 0.2) is 279 Å². The van der Waals surface area contributed by atoms with E-state index in [0.29, 0.717) is 17.6 Å². The predicted molar refractivity (Wildman–Crippen MR) is 292 cm³/mol. The van der Waals surface area contributed by atoms with Crippen molar-refractivity contribution in [3.63, 3.8) is 0 Å². The van der Waals surface area contributed by atoms with Crippen LogP contribution < -0.4 is 41.5 Å². The summed E-state index contributed by atoms with van der Waals surface area (Å²) in [6.07, 6.45) is 0. The fourth-order valence-electron chi connectivity index (χ4n) is 10.9. The minimum atomic E-state index is -3.29. The molecular weight excluding hydrogens is 869 g/mol. The zero-order valence-electron chi connectivity index (χ0n) is 37.8. The third kappa shape index (κ3) is 7.00. The highest BCUT2D eigenvalue weighted by Gasteiger charge is 2.49. The summed E-state index contributed by atoms with van der Waals surface area (Å²) in [5, 5.41) is 12.3. The zero-order valence-corrected chi connectivity index (χ0v) is 39.8. The van der Waals surface area contributed by atoms with E-state index in [0.717, 1.165) is 32.9 Å². The lowest BCUT2D eigenvalue weighted by Gasteiger charge is -2.40. The summed E-state index contributed by atoms with van der Waals surface area (Å²) in [7, 11) is -6.59. The quantitative estimate of drug-likeness (QED) is 0.0962. The first-order valence-corrected chi connectivity index (χ1v) is 27.5. The minimum Gasteiger partial charge on any atom is -0.278 e. The van der Waals surface area contributed by atoms with Gasteiger partial charge < -0.3 is 0 Å². The van der Waals surface area contributed by atoms with Crippen LogP contribution in [-0.4, -0.2) is 35.7 Å². The van der Waals surface area contributed by atoms with Crippen LogP contribution >= 0.6 is 0 Å². The molecule has 0 fully saturated rings. The number of rotatable bonds is 11. The highest BCUT2D eigenvalue weighted by atomic mass is 28.3. The maximum Gasteiger partial charge on any atom is 0.238 e. The Bertz CT molecular complexity index is 3310. The summed E-state index contributed by atoms with van der Waals surface area (Å²) in [5.41, 5.74) is 4.01. The van der Waals surface area contributed by atoms with Crippen LogP contribution in [0.3, 0.4) is 0 Å². The Morgan fingerprint density at radius 1 is 0.261 bits per heavy atom. The number of fused-ring (bicyclic) bond motifs is 3. The van der Waals surface area contributed by atoms with Crippen molar-refractivity contribution in [2.75, 3.05) is 0 Å². The van der Waals surface area contributed by atoms with Crippen molar-refractivity contribution in [1.29, 1.82) is 0 Å². The molecule has 2 heterocycles. The molecule has 0 bridgehead atoms. The van der Waals surface area contributed by atoms with Gasteiger partial charge in [-0.05, 0) is 53.6 Å². The SMILES string of the molecule is c1ccc(-c2nc(-c3c([Si](c4ccccc4)(c4ccccc4)c4ccccc4)cccc3[Si](c3ccccc3)(c3ccccc3)c3ccccc3)nc(-n3c4ccccc4c4ccccc43)n2)cc1. The standard InChI is InChI=1S/C63H46N4Si2/c1-8-27-47(28-9-1)61-64-62(66-63(65-61)67-56-43-24-22-41-54(56)55-42-23-25-44-57(55)67)60-58(68(48-29-10-2-11-30-48,49-31-12-3-13-32-49)50-33-14-4-15-34-50)45-26-46-59(60)69(51-35-16-5-17-36-51,52-37-18-6-19-38-52)53-39-20-7-21-40-53/h1-46H. The van der Waals surface area contributed by atoms with Gasteiger partial charge >= 0.3 is 0 Å². The topological polar surface area (TPSA) is 43.6 Å². The largest absolute Gasteiger partial charge is 0.278 e. The van der Waals surface area contributed by atoms with Crippen molar-refractivity contribution in [2.45, 2.75) is 0 Å². The van der Waals surface area contributed by atoms with Gasteiger partial charge in [-0.3, -0.25) is 4.57 Å². The van der Waals surface area contributed by atoms with E-state index in [1.54, 1.807) is 0 Å². The van der Waals surface area contributed by atoms with Crippen molar-refractivity contribution < 1.29 is 0 Å². The smallest absolute Gasteiger partial charge is 0.238 e. The van der Waals surface area contributed by atoms with Gasteiger partial charge in [-0.25, -0.2) is 4.98 Å². The first-order chi connectivity index (χ1) is 34.3. The molecule has 0 atom stereocenters. The second kappa shape index (κ2) is 17.9. The fourth-order valence-corrected chi connectivity index (χ4v) is 21.0. The molecular formula is C63H46N4Si2. The molecule has 0 amide bonds. The molecule has 0 saturated carbocycles. The van der Waals surface area contributed by atoms with Crippen LogP contribution in [-0.2, 0) is 0 Å². The van der Waals surface area contributed by atoms with Gasteiger partial charge in [-0.2, -0.15) is 9.97 Å². The monoisotopic (exact) mass is 914 g/mol. The molecule has 0 radical (unpaired) electrons. The van der Waals surface area contributed by atoms with Crippen molar-refractivity contribution in [3.8, 4) is 28.7 Å². The molecule has 0 aliphatic carbocycles. The Morgan fingerprint density at radius 3 is 0.928 bits per heavy atom. The Labute approximate surface area is 404 Å². The molecule has 6 heteroatoms. The first-order valence-electron chi connectivity index (χ1n) is 23.5. The number of benzene rings is 10. The Kier molecular flexibility index (Phi) is 10.9. The Hall–Kier alpha value is -8.56. The normalized spacial score (nSPS) is 11.8. The highest BCUT2D eigenvalue weighted by molar-refractivity contribution is 7.23. The molecule has 12 aromatic rings. The maximum atomic E-state index is 5.87. The molecule has 0 aliphatic heterocycles. The van der Waals surface area contributed by atoms with Crippen LogP contribution in [0.1, 0.15) is 0 Å². The third-order valence-corrected chi connectivity index (χ3v) is 23.4. The molecule has 0 unspecified atom stereocenters. The van der Waals surface area contributed by atoms with Gasteiger partial charge in [0.25, 0.3) is 0 Å². The second-order valence-corrected chi connectivity index (χ2v) is 25.0. The zero-order chi connectivity index (χ0) is 46.0. The number of nitrogens with zero attached hydrogens (tertiary/aromatic N) is 4. The highest BCUT2D eigenvalue weighted by Crippen LogP contribution is 2.33. The average Bonchev–Trinajstić information content (AvgIpc) is 3.78. The summed E-state index contributed by atoms with van der Waals surface area (Å²) in [5.74, 6) is 1.80. The van der Waals surface area contributed by atoms with Crippen molar-refractivity contribution in [3.05, 3.63) is 279 Å². The fraction of sp³-hybridized carbons (Fsp3) is 0. The summed E-state index contributed by atoms with van der Waals surface area (Å²) in [4.78, 5) is 17.1. The van der Waals surface area contributed by atoms with Crippen LogP contribution in [0, 0.1) is 0 Å². The summed E-state index contributed by atoms with van der Waals surface area (Å²) >= 11 is 0.